The van der Waals surface area contributed by atoms with Gasteiger partial charge in [0.2, 0.25) is 0 Å². The Morgan fingerprint density at radius 1 is 1.56 bits per heavy atom. The van der Waals surface area contributed by atoms with Gasteiger partial charge in [0.25, 0.3) is 0 Å². The van der Waals surface area contributed by atoms with E-state index in [9.17, 15) is 0 Å². The monoisotopic (exact) mass is 128 g/mol. The van der Waals surface area contributed by atoms with Crippen LogP contribution in [0.2, 0.25) is 0 Å². The van der Waals surface area contributed by atoms with E-state index in [1.54, 1.807) is 0 Å². The molecule has 1 fully saturated rings. The molecule has 1 rings (SSSR count). The van der Waals surface area contributed by atoms with Crippen LogP contribution in [-0.4, -0.2) is 37.6 Å². The minimum atomic E-state index is 0.727. The Hall–Kier alpha value is -0.0800. The summed E-state index contributed by atoms with van der Waals surface area (Å²) in [5, 5.41) is 3.28. The third-order valence-electron chi connectivity index (χ3n) is 2.29. The minimum absolute atomic E-state index is 0.727. The van der Waals surface area contributed by atoms with E-state index < -0.39 is 0 Å². The zero-order chi connectivity index (χ0) is 6.85. The highest BCUT2D eigenvalue weighted by molar-refractivity contribution is 4.83. The zero-order valence-electron chi connectivity index (χ0n) is 6.52. The molecule has 1 aliphatic heterocycles. The van der Waals surface area contributed by atoms with Gasteiger partial charge < -0.3 is 10.2 Å². The molecule has 2 nitrogen and oxygen atoms in total. The Morgan fingerprint density at radius 3 is 2.44 bits per heavy atom. The lowest BCUT2D eigenvalue weighted by Gasteiger charge is -2.12. The van der Waals surface area contributed by atoms with Crippen LogP contribution < -0.4 is 5.32 Å². The lowest BCUT2D eigenvalue weighted by atomic mass is 10.2. The zero-order valence-corrected chi connectivity index (χ0v) is 6.52. The fourth-order valence-corrected chi connectivity index (χ4v) is 1.40. The third kappa shape index (κ3) is 1.43. The van der Waals surface area contributed by atoms with Gasteiger partial charge in [-0.2, -0.15) is 0 Å². The summed E-state index contributed by atoms with van der Waals surface area (Å²) in [7, 11) is 4.22. The first-order valence-electron chi connectivity index (χ1n) is 3.61. The summed E-state index contributed by atoms with van der Waals surface area (Å²) in [5.74, 6) is 0. The summed E-state index contributed by atoms with van der Waals surface area (Å²) in [6.45, 7) is 3.48. The summed E-state index contributed by atoms with van der Waals surface area (Å²) in [5.41, 5.74) is 0. The van der Waals surface area contributed by atoms with Crippen LogP contribution in [0.3, 0.4) is 0 Å². The second-order valence-corrected chi connectivity index (χ2v) is 3.01. The van der Waals surface area contributed by atoms with Crippen LogP contribution in [0.4, 0.5) is 0 Å². The van der Waals surface area contributed by atoms with Crippen molar-refractivity contribution in [1.82, 2.24) is 10.2 Å². The van der Waals surface area contributed by atoms with Gasteiger partial charge in [-0.3, -0.25) is 0 Å². The molecule has 1 N–H and O–H groups in total. The third-order valence-corrected chi connectivity index (χ3v) is 2.29. The molecule has 2 atom stereocenters. The van der Waals surface area contributed by atoms with Gasteiger partial charge in [-0.25, -0.2) is 0 Å². The molecule has 0 spiro atoms. The van der Waals surface area contributed by atoms with Crippen LogP contribution in [0.15, 0.2) is 0 Å². The van der Waals surface area contributed by atoms with Crippen molar-refractivity contribution < 1.29 is 0 Å². The van der Waals surface area contributed by atoms with Crippen LogP contribution in [-0.2, 0) is 0 Å². The van der Waals surface area contributed by atoms with Gasteiger partial charge in [0, 0.05) is 18.6 Å². The molecule has 0 aliphatic carbocycles. The summed E-state index contributed by atoms with van der Waals surface area (Å²) < 4.78 is 0. The largest absolute Gasteiger partial charge is 0.316 e. The molecule has 1 saturated heterocycles. The van der Waals surface area contributed by atoms with E-state index >= 15 is 0 Å². The van der Waals surface area contributed by atoms with Crippen LogP contribution in [0.25, 0.3) is 0 Å². The maximum Gasteiger partial charge on any atom is 0.0206 e. The summed E-state index contributed by atoms with van der Waals surface area (Å²) >= 11 is 0. The smallest absolute Gasteiger partial charge is 0.0206 e. The minimum Gasteiger partial charge on any atom is -0.316 e. The standard InChI is InChI=1S/C7H16N2/c1-6-4-7(8-2)5-9(6)3/h6-8H,4-5H2,1-3H3/t6-,7?/m1/s1. The SMILES string of the molecule is CNC1C[C@@H](C)N(C)C1. The second-order valence-electron chi connectivity index (χ2n) is 3.01. The Bertz CT molecular complexity index is 82.9. The first-order valence-corrected chi connectivity index (χ1v) is 3.61. The Morgan fingerprint density at radius 2 is 2.22 bits per heavy atom. The molecular weight excluding hydrogens is 112 g/mol. The maximum absolute atomic E-state index is 3.28. The molecule has 0 radical (unpaired) electrons. The fourth-order valence-electron chi connectivity index (χ4n) is 1.40. The highest BCUT2D eigenvalue weighted by Gasteiger charge is 2.23. The predicted molar refractivity (Wildman–Crippen MR) is 39.6 cm³/mol. The van der Waals surface area contributed by atoms with E-state index in [1.807, 2.05) is 7.05 Å². The van der Waals surface area contributed by atoms with E-state index in [0.717, 1.165) is 12.1 Å². The number of hydrogen-bond acceptors (Lipinski definition) is 2. The molecule has 54 valence electrons. The first-order chi connectivity index (χ1) is 4.24. The van der Waals surface area contributed by atoms with Crippen molar-refractivity contribution in [2.24, 2.45) is 0 Å². The van der Waals surface area contributed by atoms with Gasteiger partial charge in [0.1, 0.15) is 0 Å². The van der Waals surface area contributed by atoms with Gasteiger partial charge in [-0.1, -0.05) is 0 Å². The van der Waals surface area contributed by atoms with E-state index in [0.29, 0.717) is 0 Å². The molecule has 0 aromatic carbocycles. The topological polar surface area (TPSA) is 15.3 Å². The van der Waals surface area contributed by atoms with Gasteiger partial charge >= 0.3 is 0 Å². The number of rotatable bonds is 1. The summed E-state index contributed by atoms with van der Waals surface area (Å²) in [6.07, 6.45) is 1.30. The highest BCUT2D eigenvalue weighted by atomic mass is 15.2. The Labute approximate surface area is 57.2 Å². The predicted octanol–water partition coefficient (Wildman–Crippen LogP) is 0.298. The van der Waals surface area contributed by atoms with Crippen molar-refractivity contribution in [3.05, 3.63) is 0 Å². The van der Waals surface area contributed by atoms with Crippen molar-refractivity contribution in [2.45, 2.75) is 25.4 Å². The van der Waals surface area contributed by atoms with E-state index in [4.69, 9.17) is 0 Å². The second kappa shape index (κ2) is 2.67. The molecule has 2 heteroatoms. The molecular formula is C7H16N2. The van der Waals surface area contributed by atoms with Gasteiger partial charge in [0.05, 0.1) is 0 Å². The van der Waals surface area contributed by atoms with Gasteiger partial charge in [-0.15, -0.1) is 0 Å². The van der Waals surface area contributed by atoms with Crippen molar-refractivity contribution in [3.8, 4) is 0 Å². The van der Waals surface area contributed by atoms with Crippen molar-refractivity contribution in [2.75, 3.05) is 20.6 Å². The van der Waals surface area contributed by atoms with Crippen molar-refractivity contribution >= 4 is 0 Å². The number of likely N-dealkylation sites (tertiary alicyclic amines) is 1. The molecule has 0 aromatic heterocycles. The van der Waals surface area contributed by atoms with E-state index in [2.05, 4.69) is 24.2 Å². The number of hydrogen-bond donors (Lipinski definition) is 1. The Kier molecular flexibility index (Phi) is 2.09. The normalized spacial score (nSPS) is 37.7. The number of nitrogens with one attached hydrogen (secondary N) is 1. The highest BCUT2D eigenvalue weighted by Crippen LogP contribution is 2.13. The van der Waals surface area contributed by atoms with Crippen LogP contribution in [0.5, 0.6) is 0 Å². The van der Waals surface area contributed by atoms with Gasteiger partial charge in [-0.05, 0) is 27.4 Å². The first kappa shape index (κ1) is 7.03. The molecule has 0 saturated carbocycles. The molecule has 1 heterocycles. The van der Waals surface area contributed by atoms with E-state index in [-0.39, 0.29) is 0 Å². The van der Waals surface area contributed by atoms with E-state index in [1.165, 1.54) is 13.0 Å². The molecule has 0 aromatic rings. The molecule has 9 heavy (non-hydrogen) atoms. The van der Waals surface area contributed by atoms with Crippen LogP contribution in [0, 0.1) is 0 Å². The molecule has 0 bridgehead atoms. The van der Waals surface area contributed by atoms with Crippen LogP contribution >= 0.6 is 0 Å². The lowest BCUT2D eigenvalue weighted by molar-refractivity contribution is 0.327. The Balaban J connectivity index is 2.35. The molecule has 1 aliphatic rings. The number of likely N-dealkylation sites (N-methyl/N-ethyl adjacent to an activating group) is 2. The van der Waals surface area contributed by atoms with Crippen molar-refractivity contribution in [1.29, 1.82) is 0 Å². The van der Waals surface area contributed by atoms with Crippen LogP contribution in [0.1, 0.15) is 13.3 Å². The average Bonchev–Trinajstić information content (AvgIpc) is 2.13. The van der Waals surface area contributed by atoms with Gasteiger partial charge in [0.15, 0.2) is 0 Å². The summed E-state index contributed by atoms with van der Waals surface area (Å²) in [4.78, 5) is 2.39. The average molecular weight is 128 g/mol. The summed E-state index contributed by atoms with van der Waals surface area (Å²) in [6, 6.07) is 1.49. The molecule has 1 unspecified atom stereocenters. The quantitative estimate of drug-likeness (QED) is 0.546. The maximum atomic E-state index is 3.28. The van der Waals surface area contributed by atoms with Crippen molar-refractivity contribution in [3.63, 3.8) is 0 Å². The molecule has 0 amide bonds. The lowest BCUT2D eigenvalue weighted by Crippen LogP contribution is -2.28. The fraction of sp³-hybridized carbons (Fsp3) is 1.00. The number of nitrogens with zero attached hydrogens (tertiary/aromatic N) is 1.